The number of ether oxygens (including phenoxy) is 4. The number of hydrogen-bond acceptors (Lipinski definition) is 10. The van der Waals surface area contributed by atoms with Gasteiger partial charge >= 0.3 is 0 Å². The highest BCUT2D eigenvalue weighted by Gasteiger charge is 2.23. The number of nitrogens with zero attached hydrogens (tertiary/aromatic N) is 1. The molecular formula is C38H38FN5O9. The van der Waals surface area contributed by atoms with Crippen LogP contribution in [-0.2, 0) is 24.4 Å². The van der Waals surface area contributed by atoms with Crippen LogP contribution in [-0.4, -0.2) is 64.3 Å². The zero-order chi connectivity index (χ0) is 37.6. The highest BCUT2D eigenvalue weighted by molar-refractivity contribution is 6.09. The molecule has 276 valence electrons. The molecule has 0 atom stereocenters. The van der Waals surface area contributed by atoms with Crippen molar-refractivity contribution in [1.82, 2.24) is 9.97 Å². The summed E-state index contributed by atoms with van der Waals surface area (Å²) in [6, 6.07) is 20.2. The van der Waals surface area contributed by atoms with Gasteiger partial charge in [0.05, 0.1) is 42.0 Å². The Morgan fingerprint density at radius 2 is 1.32 bits per heavy atom. The Balaban J connectivity index is 1.49. The number of anilines is 2. The van der Waals surface area contributed by atoms with Crippen LogP contribution in [0.25, 0.3) is 0 Å². The number of amides is 3. The molecule has 0 aliphatic heterocycles. The van der Waals surface area contributed by atoms with Gasteiger partial charge in [-0.1, -0.05) is 42.5 Å². The topological polar surface area (TPSA) is 207 Å². The van der Waals surface area contributed by atoms with E-state index in [0.29, 0.717) is 12.0 Å². The predicted molar refractivity (Wildman–Crippen MR) is 192 cm³/mol. The zero-order valence-corrected chi connectivity index (χ0v) is 28.5. The van der Waals surface area contributed by atoms with E-state index in [-0.39, 0.29) is 97.5 Å². The number of aliphatic hydroxyl groups excluding tert-OH is 2. The van der Waals surface area contributed by atoms with Crippen molar-refractivity contribution in [2.45, 2.75) is 26.1 Å². The van der Waals surface area contributed by atoms with Gasteiger partial charge in [-0.3, -0.25) is 14.4 Å². The number of hydrogen-bond donors (Lipinski definition) is 6. The minimum Gasteiger partial charge on any atom is -0.490 e. The van der Waals surface area contributed by atoms with Gasteiger partial charge in [-0.2, -0.15) is 0 Å². The molecule has 1 aromatic heterocycles. The second kappa shape index (κ2) is 18.7. The van der Waals surface area contributed by atoms with Crippen molar-refractivity contribution in [2.75, 3.05) is 37.1 Å². The van der Waals surface area contributed by atoms with Crippen LogP contribution in [0.1, 0.15) is 44.0 Å². The van der Waals surface area contributed by atoms with E-state index in [4.69, 9.17) is 24.7 Å². The molecule has 0 aliphatic rings. The number of primary amides is 1. The van der Waals surface area contributed by atoms with E-state index < -0.39 is 17.6 Å². The second-order valence-corrected chi connectivity index (χ2v) is 11.5. The number of aromatic nitrogens is 2. The van der Waals surface area contributed by atoms with Crippen LogP contribution in [0, 0.1) is 5.82 Å². The van der Waals surface area contributed by atoms with Crippen LogP contribution in [0.3, 0.4) is 0 Å². The third-order valence-electron chi connectivity index (χ3n) is 7.61. The molecule has 0 fully saturated rings. The number of benzene rings is 4. The van der Waals surface area contributed by atoms with E-state index in [1.807, 2.05) is 30.3 Å². The number of aryl methyl sites for hydroxylation is 1. The monoisotopic (exact) mass is 727 g/mol. The summed E-state index contributed by atoms with van der Waals surface area (Å²) < 4.78 is 36.9. The maximum absolute atomic E-state index is 14.1. The molecule has 15 heteroatoms. The first-order valence-electron chi connectivity index (χ1n) is 16.5. The minimum atomic E-state index is -0.854. The Hall–Kier alpha value is -6.45. The Morgan fingerprint density at radius 1 is 0.736 bits per heavy atom. The summed E-state index contributed by atoms with van der Waals surface area (Å²) in [5.74, 6) is -2.22. The number of nitrogens with two attached hydrogens (primary N) is 1. The summed E-state index contributed by atoms with van der Waals surface area (Å²) in [4.78, 5) is 46.5. The van der Waals surface area contributed by atoms with Crippen molar-refractivity contribution in [3.63, 3.8) is 0 Å². The lowest BCUT2D eigenvalue weighted by Gasteiger charge is -2.19. The molecule has 0 saturated heterocycles. The van der Waals surface area contributed by atoms with Crippen molar-refractivity contribution < 1.29 is 47.9 Å². The summed E-state index contributed by atoms with van der Waals surface area (Å²) in [7, 11) is 0. The van der Waals surface area contributed by atoms with Crippen molar-refractivity contribution >= 4 is 29.1 Å². The summed E-state index contributed by atoms with van der Waals surface area (Å²) >= 11 is 0. The summed E-state index contributed by atoms with van der Waals surface area (Å²) in [5.41, 5.74) is 7.97. The Bertz CT molecular complexity index is 1990. The SMILES string of the molecule is NC(=O)c1cc(OCCO)c(NC(=O)c2cc(OCc3ccccc3)c(NC(=O)CCc3cnc[nH]3)cc2OCCO)cc1OCc1ccc(F)cc1. The van der Waals surface area contributed by atoms with Gasteiger partial charge in [0.15, 0.2) is 0 Å². The molecule has 14 nitrogen and oxygen atoms in total. The van der Waals surface area contributed by atoms with Crippen molar-refractivity contribution in [3.05, 3.63) is 125 Å². The second-order valence-electron chi connectivity index (χ2n) is 11.5. The molecule has 5 aromatic rings. The lowest BCUT2D eigenvalue weighted by Crippen LogP contribution is -2.19. The van der Waals surface area contributed by atoms with Gasteiger partial charge in [0, 0.05) is 30.4 Å². The molecule has 1 heterocycles. The Morgan fingerprint density at radius 3 is 1.96 bits per heavy atom. The van der Waals surface area contributed by atoms with E-state index in [1.165, 1.54) is 54.9 Å². The molecule has 0 radical (unpaired) electrons. The van der Waals surface area contributed by atoms with Crippen LogP contribution in [0.15, 0.2) is 91.4 Å². The molecule has 5 rings (SSSR count). The lowest BCUT2D eigenvalue weighted by atomic mass is 10.1. The quantitative estimate of drug-likeness (QED) is 0.0708. The predicted octanol–water partition coefficient (Wildman–Crippen LogP) is 4.37. The fraction of sp³-hybridized carbons (Fsp3) is 0.211. The van der Waals surface area contributed by atoms with Crippen molar-refractivity contribution in [3.8, 4) is 23.0 Å². The average molecular weight is 728 g/mol. The zero-order valence-electron chi connectivity index (χ0n) is 28.5. The fourth-order valence-corrected chi connectivity index (χ4v) is 5.02. The molecule has 0 spiro atoms. The molecule has 3 amide bonds. The molecule has 0 saturated carbocycles. The maximum Gasteiger partial charge on any atom is 0.259 e. The molecule has 7 N–H and O–H groups in total. The third-order valence-corrected chi connectivity index (χ3v) is 7.61. The standard InChI is InChI=1S/C38H38FN5O9/c39-26-8-6-25(7-9-26)22-52-32-19-31(34(51-15-13-46)16-28(32)37(40)48)44-38(49)29-17-35(53-21-24-4-2-1-3-5-24)30(18-33(29)50-14-12-45)43-36(47)11-10-27-20-41-23-42-27/h1-9,16-20,23,45-46H,10-15,21-22H2,(H2,40,48)(H,41,42)(H,43,47)(H,44,49). The normalized spacial score (nSPS) is 10.7. The summed E-state index contributed by atoms with van der Waals surface area (Å²) in [5, 5.41) is 24.6. The highest BCUT2D eigenvalue weighted by Crippen LogP contribution is 2.37. The first kappa shape index (κ1) is 37.8. The maximum atomic E-state index is 14.1. The van der Waals surface area contributed by atoms with E-state index in [1.54, 1.807) is 6.20 Å². The summed E-state index contributed by atoms with van der Waals surface area (Å²) in [6.07, 6.45) is 3.65. The van der Waals surface area contributed by atoms with E-state index in [0.717, 1.165) is 11.3 Å². The largest absolute Gasteiger partial charge is 0.490 e. The third kappa shape index (κ3) is 10.8. The van der Waals surface area contributed by atoms with Crippen molar-refractivity contribution in [1.29, 1.82) is 0 Å². The first-order valence-corrected chi connectivity index (χ1v) is 16.5. The molecule has 0 bridgehead atoms. The number of carbonyl (C=O) groups excluding carboxylic acids is 3. The van der Waals surface area contributed by atoms with Gasteiger partial charge in [0.1, 0.15) is 55.2 Å². The minimum absolute atomic E-state index is 0.00476. The number of aliphatic hydroxyl groups is 2. The van der Waals surface area contributed by atoms with Gasteiger partial charge in [-0.15, -0.1) is 0 Å². The Labute approximate surface area is 303 Å². The number of nitrogens with one attached hydrogen (secondary N) is 3. The summed E-state index contributed by atoms with van der Waals surface area (Å²) in [6.45, 7) is -1.09. The number of halogens is 1. The van der Waals surface area contributed by atoms with Gasteiger partial charge in [-0.25, -0.2) is 9.37 Å². The molecule has 0 unspecified atom stereocenters. The van der Waals surface area contributed by atoms with Crippen molar-refractivity contribution in [2.24, 2.45) is 5.73 Å². The molecular weight excluding hydrogens is 689 g/mol. The fourth-order valence-electron chi connectivity index (χ4n) is 5.02. The van der Waals surface area contributed by atoms with E-state index in [2.05, 4.69) is 20.6 Å². The van der Waals surface area contributed by atoms with Crippen LogP contribution >= 0.6 is 0 Å². The average Bonchev–Trinajstić information content (AvgIpc) is 3.69. The van der Waals surface area contributed by atoms with Crippen LogP contribution in [0.4, 0.5) is 15.8 Å². The van der Waals surface area contributed by atoms with Crippen LogP contribution in [0.5, 0.6) is 23.0 Å². The number of imidazole rings is 1. The molecule has 0 aliphatic carbocycles. The Kier molecular flexibility index (Phi) is 13.3. The van der Waals surface area contributed by atoms with Crippen LogP contribution in [0.2, 0.25) is 0 Å². The number of aromatic amines is 1. The van der Waals surface area contributed by atoms with Gasteiger partial charge in [0.2, 0.25) is 5.91 Å². The van der Waals surface area contributed by atoms with E-state index >= 15 is 0 Å². The van der Waals surface area contributed by atoms with Gasteiger partial charge in [-0.05, 0) is 41.8 Å². The van der Waals surface area contributed by atoms with Gasteiger partial charge in [0.25, 0.3) is 11.8 Å². The molecule has 53 heavy (non-hydrogen) atoms. The highest BCUT2D eigenvalue weighted by atomic mass is 19.1. The first-order chi connectivity index (χ1) is 25.7. The number of rotatable bonds is 19. The van der Waals surface area contributed by atoms with E-state index in [9.17, 15) is 29.0 Å². The lowest BCUT2D eigenvalue weighted by molar-refractivity contribution is -0.116. The van der Waals surface area contributed by atoms with Crippen LogP contribution < -0.4 is 35.3 Å². The number of H-pyrrole nitrogens is 1. The number of carbonyl (C=O) groups is 3. The molecule has 4 aromatic carbocycles. The van der Waals surface area contributed by atoms with Gasteiger partial charge < -0.3 is 50.5 Å². The smallest absolute Gasteiger partial charge is 0.259 e.